The van der Waals surface area contributed by atoms with E-state index in [1.165, 1.54) is 76.2 Å². The van der Waals surface area contributed by atoms with Crippen molar-refractivity contribution in [3.05, 3.63) is 59.8 Å². The summed E-state index contributed by atoms with van der Waals surface area (Å²) in [5.74, 6) is 0.229. The molecular weight excluding hydrogens is 522 g/mol. The third-order valence-electron chi connectivity index (χ3n) is 5.99. The highest BCUT2D eigenvalue weighted by molar-refractivity contribution is 8.00. The van der Waals surface area contributed by atoms with E-state index in [1.807, 2.05) is 6.92 Å². The van der Waals surface area contributed by atoms with Gasteiger partial charge in [-0.1, -0.05) is 76.6 Å². The predicted octanol–water partition coefficient (Wildman–Crippen LogP) is 9.88. The Morgan fingerprint density at radius 1 is 1.11 bits per heavy atom. The Morgan fingerprint density at radius 3 is 2.21 bits per heavy atom. The number of allylic oxidation sites excluding steroid dienone is 1. The van der Waals surface area contributed by atoms with Gasteiger partial charge in [0, 0.05) is 6.04 Å². The Bertz CT molecular complexity index is 892. The first-order valence-corrected chi connectivity index (χ1v) is 15.1. The number of pyridine rings is 1. The van der Waals surface area contributed by atoms with Gasteiger partial charge in [0.1, 0.15) is 11.6 Å². The Hall–Kier alpha value is -1.83. The summed E-state index contributed by atoms with van der Waals surface area (Å²) in [7, 11) is 0. The molecule has 4 rings (SSSR count). The highest BCUT2D eigenvalue weighted by Crippen LogP contribution is 2.33. The van der Waals surface area contributed by atoms with Crippen molar-refractivity contribution in [1.29, 1.82) is 0 Å². The predicted molar refractivity (Wildman–Crippen MR) is 163 cm³/mol. The summed E-state index contributed by atoms with van der Waals surface area (Å²) < 4.78 is 30.2. The van der Waals surface area contributed by atoms with Crippen molar-refractivity contribution in [1.82, 2.24) is 10.3 Å². The molecule has 3 N–H and O–H groups in total. The Labute approximate surface area is 239 Å². The molecule has 0 radical (unpaired) electrons. The second-order valence-electron chi connectivity index (χ2n) is 9.81. The lowest BCUT2D eigenvalue weighted by atomic mass is 9.95. The molecular formula is C30H47ClF2N4S. The first-order chi connectivity index (χ1) is 18.3. The molecule has 1 aromatic heterocycles. The molecule has 2 aliphatic rings. The van der Waals surface area contributed by atoms with Crippen LogP contribution in [0.4, 0.5) is 20.3 Å². The van der Waals surface area contributed by atoms with Crippen molar-refractivity contribution >= 4 is 35.1 Å². The van der Waals surface area contributed by atoms with Gasteiger partial charge in [-0.15, -0.1) is 6.58 Å². The molecule has 2 heterocycles. The minimum Gasteiger partial charge on any atom is -0.381 e. The first-order valence-electron chi connectivity index (χ1n) is 13.9. The van der Waals surface area contributed by atoms with Crippen LogP contribution in [-0.2, 0) is 0 Å². The van der Waals surface area contributed by atoms with Crippen LogP contribution < -0.4 is 15.4 Å². The fourth-order valence-electron chi connectivity index (χ4n) is 3.56. The number of piperidine rings is 1. The van der Waals surface area contributed by atoms with Gasteiger partial charge in [-0.2, -0.15) is 4.39 Å². The topological polar surface area (TPSA) is 49.0 Å². The van der Waals surface area contributed by atoms with E-state index >= 15 is 0 Å². The van der Waals surface area contributed by atoms with E-state index in [1.54, 1.807) is 18.2 Å². The van der Waals surface area contributed by atoms with E-state index in [2.05, 4.69) is 47.7 Å². The largest absolute Gasteiger partial charge is 0.381 e. The van der Waals surface area contributed by atoms with E-state index in [0.29, 0.717) is 27.5 Å². The number of rotatable bonds is 6. The lowest BCUT2D eigenvalue weighted by Crippen LogP contribution is -2.22. The maximum Gasteiger partial charge on any atom is 0.214 e. The van der Waals surface area contributed by atoms with Gasteiger partial charge < -0.3 is 15.4 Å². The maximum atomic E-state index is 14.3. The SMILES string of the molecule is C1CCNCC1.C=CC.CCC(C)C.Fc1cccc(NSc2cc(Cl)c(NC3CCCCC3)cc2F)n1. The fraction of sp³-hybridized carbons (Fsp3) is 0.567. The van der Waals surface area contributed by atoms with Crippen LogP contribution in [0.1, 0.15) is 85.5 Å². The lowest BCUT2D eigenvalue weighted by Gasteiger charge is -2.24. The van der Waals surface area contributed by atoms with Crippen molar-refractivity contribution in [2.45, 2.75) is 96.4 Å². The summed E-state index contributed by atoms with van der Waals surface area (Å²) in [6.07, 6.45) is 13.1. The van der Waals surface area contributed by atoms with Gasteiger partial charge in [-0.25, -0.2) is 9.37 Å². The number of aromatic nitrogens is 1. The summed E-state index contributed by atoms with van der Waals surface area (Å²) in [6, 6.07) is 7.72. The van der Waals surface area contributed by atoms with E-state index in [-0.39, 0.29) is 5.82 Å². The molecule has 0 amide bonds. The number of benzene rings is 1. The third kappa shape index (κ3) is 15.6. The number of nitrogens with zero attached hydrogens (tertiary/aromatic N) is 1. The molecule has 1 saturated carbocycles. The molecule has 0 atom stereocenters. The Kier molecular flexibility index (Phi) is 18.9. The van der Waals surface area contributed by atoms with Crippen LogP contribution in [0, 0.1) is 17.7 Å². The molecule has 2 aromatic rings. The number of nitrogens with one attached hydrogen (secondary N) is 3. The average molecular weight is 569 g/mol. The average Bonchev–Trinajstić information content (AvgIpc) is 2.92. The second-order valence-corrected chi connectivity index (χ2v) is 11.1. The second kappa shape index (κ2) is 21.0. The summed E-state index contributed by atoms with van der Waals surface area (Å²) in [5.41, 5.74) is 0.620. The molecule has 2 fully saturated rings. The molecule has 1 saturated heterocycles. The monoisotopic (exact) mass is 568 g/mol. The summed E-state index contributed by atoms with van der Waals surface area (Å²) in [5, 5.41) is 7.09. The smallest absolute Gasteiger partial charge is 0.214 e. The highest BCUT2D eigenvalue weighted by atomic mass is 35.5. The van der Waals surface area contributed by atoms with E-state index in [0.717, 1.165) is 30.7 Å². The molecule has 8 heteroatoms. The highest BCUT2D eigenvalue weighted by Gasteiger charge is 2.16. The van der Waals surface area contributed by atoms with Crippen molar-refractivity contribution < 1.29 is 8.78 Å². The zero-order chi connectivity index (χ0) is 28.2. The van der Waals surface area contributed by atoms with Crippen molar-refractivity contribution in [2.75, 3.05) is 23.1 Å². The first kappa shape index (κ1) is 34.2. The fourth-order valence-corrected chi connectivity index (χ4v) is 4.50. The van der Waals surface area contributed by atoms with Gasteiger partial charge >= 0.3 is 0 Å². The summed E-state index contributed by atoms with van der Waals surface area (Å²) in [6.45, 7) is 14.4. The third-order valence-corrected chi connectivity index (χ3v) is 7.15. The number of hydrogen-bond donors (Lipinski definition) is 3. The van der Waals surface area contributed by atoms with E-state index < -0.39 is 5.95 Å². The van der Waals surface area contributed by atoms with Gasteiger partial charge in [-0.05, 0) is 87.8 Å². The number of hydrogen-bond acceptors (Lipinski definition) is 5. The van der Waals surface area contributed by atoms with Gasteiger partial charge in [-0.3, -0.25) is 0 Å². The van der Waals surface area contributed by atoms with Gasteiger partial charge in [0.25, 0.3) is 0 Å². The van der Waals surface area contributed by atoms with Crippen LogP contribution in [-0.4, -0.2) is 24.1 Å². The minimum atomic E-state index is -0.592. The summed E-state index contributed by atoms with van der Waals surface area (Å²) >= 11 is 7.29. The minimum absolute atomic E-state index is 0.319. The molecule has 214 valence electrons. The van der Waals surface area contributed by atoms with Crippen LogP contribution in [0.2, 0.25) is 5.02 Å². The van der Waals surface area contributed by atoms with Crippen molar-refractivity contribution in [3.63, 3.8) is 0 Å². The zero-order valence-corrected chi connectivity index (χ0v) is 25.2. The zero-order valence-electron chi connectivity index (χ0n) is 23.6. The maximum absolute atomic E-state index is 14.3. The van der Waals surface area contributed by atoms with Crippen molar-refractivity contribution in [2.24, 2.45) is 5.92 Å². The van der Waals surface area contributed by atoms with Crippen LogP contribution in [0.15, 0.2) is 47.9 Å². The standard InChI is InChI=1S/C17H18ClF2N3S.C5H11N.C5H12.C3H6/c18-12-9-15(24-23-17-8-4-7-16(20)22-17)13(19)10-14(12)21-11-5-2-1-3-6-11;1-2-4-6-5-3-1;1-4-5(2)3;1-3-2/h4,7-11,21H,1-3,5-6H2,(H,22,23);6H,1-5H2;5H,4H2,1-3H3;3H,1H2,2H3. The molecule has 0 unspecified atom stereocenters. The molecule has 1 aromatic carbocycles. The lowest BCUT2D eigenvalue weighted by molar-refractivity contribution is 0.462. The molecule has 1 aliphatic carbocycles. The van der Waals surface area contributed by atoms with Crippen LogP contribution in [0.5, 0.6) is 0 Å². The van der Waals surface area contributed by atoms with Gasteiger partial charge in [0.2, 0.25) is 5.95 Å². The van der Waals surface area contributed by atoms with Crippen LogP contribution in [0.3, 0.4) is 0 Å². The Morgan fingerprint density at radius 2 is 1.71 bits per heavy atom. The normalized spacial score (nSPS) is 15.1. The molecule has 38 heavy (non-hydrogen) atoms. The molecule has 4 nitrogen and oxygen atoms in total. The molecule has 1 aliphatic heterocycles. The van der Waals surface area contributed by atoms with Gasteiger partial charge in [0.15, 0.2) is 0 Å². The Balaban J connectivity index is 0.000000422. The summed E-state index contributed by atoms with van der Waals surface area (Å²) in [4.78, 5) is 4.00. The van der Waals surface area contributed by atoms with Crippen LogP contribution >= 0.6 is 23.5 Å². The molecule has 0 spiro atoms. The van der Waals surface area contributed by atoms with E-state index in [9.17, 15) is 8.78 Å². The van der Waals surface area contributed by atoms with Crippen LogP contribution in [0.25, 0.3) is 0 Å². The van der Waals surface area contributed by atoms with E-state index in [4.69, 9.17) is 11.6 Å². The number of anilines is 2. The van der Waals surface area contributed by atoms with Crippen molar-refractivity contribution in [3.8, 4) is 0 Å². The number of halogens is 3. The quantitative estimate of drug-likeness (QED) is 0.184. The van der Waals surface area contributed by atoms with Gasteiger partial charge in [0.05, 0.1) is 15.6 Å². The molecule has 0 bridgehead atoms.